The van der Waals surface area contributed by atoms with E-state index in [2.05, 4.69) is 15.6 Å². The summed E-state index contributed by atoms with van der Waals surface area (Å²) in [6.45, 7) is 6.15. The van der Waals surface area contributed by atoms with Crippen LogP contribution in [-0.2, 0) is 6.42 Å². The summed E-state index contributed by atoms with van der Waals surface area (Å²) in [5.41, 5.74) is 1.32. The summed E-state index contributed by atoms with van der Waals surface area (Å²) in [6, 6.07) is 10.6. The van der Waals surface area contributed by atoms with Gasteiger partial charge in [-0.25, -0.2) is 0 Å². The number of pyridine rings is 1. The van der Waals surface area contributed by atoms with Crippen LogP contribution in [0.4, 0.5) is 0 Å². The average Bonchev–Trinajstić information content (AvgIpc) is 2.53. The Morgan fingerprint density at radius 2 is 1.88 bits per heavy atom. The molecule has 2 aromatic rings. The summed E-state index contributed by atoms with van der Waals surface area (Å²) in [6.07, 6.45) is 2.12. The van der Waals surface area contributed by atoms with E-state index in [0.717, 1.165) is 5.56 Å². The molecular weight excluding hydrogens is 338 g/mol. The van der Waals surface area contributed by atoms with Gasteiger partial charge in [0.1, 0.15) is 5.69 Å². The van der Waals surface area contributed by atoms with Crippen LogP contribution in [0.3, 0.4) is 0 Å². The Hall–Kier alpha value is -2.40. The summed E-state index contributed by atoms with van der Waals surface area (Å²) >= 11 is 5.94. The summed E-state index contributed by atoms with van der Waals surface area (Å²) < 4.78 is 0. The highest BCUT2D eigenvalue weighted by Crippen LogP contribution is 2.11. The molecule has 0 aliphatic rings. The maximum absolute atomic E-state index is 12.2. The van der Waals surface area contributed by atoms with E-state index >= 15 is 0 Å². The molecule has 2 amide bonds. The Morgan fingerprint density at radius 1 is 1.12 bits per heavy atom. The van der Waals surface area contributed by atoms with Gasteiger partial charge >= 0.3 is 0 Å². The Morgan fingerprint density at radius 3 is 2.56 bits per heavy atom. The molecule has 6 heteroatoms. The Labute approximate surface area is 152 Å². The third-order valence-electron chi connectivity index (χ3n) is 3.33. The highest BCUT2D eigenvalue weighted by molar-refractivity contribution is 6.30. The SMILES string of the molecule is CC(C)(C)NC(=O)c1ccnc(C(=O)NCCc2cccc(Cl)c2)c1. The van der Waals surface area contributed by atoms with E-state index in [1.807, 2.05) is 45.0 Å². The number of nitrogens with one attached hydrogen (secondary N) is 2. The first kappa shape index (κ1) is 18.9. The number of benzene rings is 1. The Kier molecular flexibility index (Phi) is 6.15. The molecule has 5 nitrogen and oxygen atoms in total. The second-order valence-corrected chi connectivity index (χ2v) is 7.21. The minimum Gasteiger partial charge on any atom is -0.350 e. The topological polar surface area (TPSA) is 71.1 Å². The van der Waals surface area contributed by atoms with Gasteiger partial charge in [-0.1, -0.05) is 23.7 Å². The molecule has 1 aromatic carbocycles. The molecule has 2 N–H and O–H groups in total. The summed E-state index contributed by atoms with van der Waals surface area (Å²) in [5, 5.41) is 6.34. The maximum atomic E-state index is 12.2. The highest BCUT2D eigenvalue weighted by Gasteiger charge is 2.17. The van der Waals surface area contributed by atoms with Crippen LogP contribution in [0, 0.1) is 0 Å². The summed E-state index contributed by atoms with van der Waals surface area (Å²) in [5.74, 6) is -0.546. The molecule has 0 radical (unpaired) electrons. The quantitative estimate of drug-likeness (QED) is 0.860. The minimum absolute atomic E-state index is 0.215. The van der Waals surface area contributed by atoms with Crippen molar-refractivity contribution in [3.8, 4) is 0 Å². The normalized spacial score (nSPS) is 11.0. The van der Waals surface area contributed by atoms with Gasteiger partial charge in [0.2, 0.25) is 0 Å². The van der Waals surface area contributed by atoms with E-state index in [1.54, 1.807) is 6.07 Å². The van der Waals surface area contributed by atoms with Crippen LogP contribution in [-0.4, -0.2) is 28.9 Å². The maximum Gasteiger partial charge on any atom is 0.269 e. The van der Waals surface area contributed by atoms with Crippen LogP contribution in [0.1, 0.15) is 47.2 Å². The second-order valence-electron chi connectivity index (χ2n) is 6.77. The van der Waals surface area contributed by atoms with E-state index in [-0.39, 0.29) is 23.0 Å². The van der Waals surface area contributed by atoms with Gasteiger partial charge in [0.15, 0.2) is 0 Å². The number of rotatable bonds is 5. The van der Waals surface area contributed by atoms with Gasteiger partial charge in [0.25, 0.3) is 11.8 Å². The van der Waals surface area contributed by atoms with Crippen molar-refractivity contribution >= 4 is 23.4 Å². The molecular formula is C19H22ClN3O2. The lowest BCUT2D eigenvalue weighted by Crippen LogP contribution is -2.40. The molecule has 0 bridgehead atoms. The molecule has 0 unspecified atom stereocenters. The van der Waals surface area contributed by atoms with Crippen molar-refractivity contribution in [1.29, 1.82) is 0 Å². The molecule has 25 heavy (non-hydrogen) atoms. The van der Waals surface area contributed by atoms with Crippen molar-refractivity contribution < 1.29 is 9.59 Å². The number of aromatic nitrogens is 1. The molecule has 0 saturated carbocycles. The minimum atomic E-state index is -0.347. The Bertz CT molecular complexity index is 769. The molecule has 0 aliphatic heterocycles. The molecule has 132 valence electrons. The summed E-state index contributed by atoms with van der Waals surface area (Å²) in [4.78, 5) is 28.5. The predicted molar refractivity (Wildman–Crippen MR) is 98.9 cm³/mol. The highest BCUT2D eigenvalue weighted by atomic mass is 35.5. The van der Waals surface area contributed by atoms with Crippen LogP contribution in [0.15, 0.2) is 42.6 Å². The molecule has 0 aliphatic carbocycles. The zero-order chi connectivity index (χ0) is 18.4. The fourth-order valence-electron chi connectivity index (χ4n) is 2.21. The van der Waals surface area contributed by atoms with Crippen LogP contribution in [0.5, 0.6) is 0 Å². The lowest BCUT2D eigenvalue weighted by molar-refractivity contribution is 0.0919. The van der Waals surface area contributed by atoms with E-state index in [9.17, 15) is 9.59 Å². The number of carbonyl (C=O) groups excluding carboxylic acids is 2. The number of hydrogen-bond acceptors (Lipinski definition) is 3. The van der Waals surface area contributed by atoms with E-state index in [1.165, 1.54) is 12.3 Å². The van der Waals surface area contributed by atoms with Crippen molar-refractivity contribution in [3.05, 3.63) is 64.4 Å². The van der Waals surface area contributed by atoms with Gasteiger partial charge in [-0.05, 0) is 57.0 Å². The van der Waals surface area contributed by atoms with Gasteiger partial charge < -0.3 is 10.6 Å². The summed E-state index contributed by atoms with van der Waals surface area (Å²) in [7, 11) is 0. The molecule has 1 heterocycles. The largest absolute Gasteiger partial charge is 0.350 e. The monoisotopic (exact) mass is 359 g/mol. The molecule has 0 saturated heterocycles. The van der Waals surface area contributed by atoms with Crippen LogP contribution in [0.25, 0.3) is 0 Å². The fraction of sp³-hybridized carbons (Fsp3) is 0.316. The number of nitrogens with zero attached hydrogens (tertiary/aromatic N) is 1. The fourth-order valence-corrected chi connectivity index (χ4v) is 2.43. The number of halogens is 1. The second kappa shape index (κ2) is 8.12. The van der Waals surface area contributed by atoms with Gasteiger partial charge in [-0.15, -0.1) is 0 Å². The lowest BCUT2D eigenvalue weighted by Gasteiger charge is -2.20. The van der Waals surface area contributed by atoms with Crippen LogP contribution >= 0.6 is 11.6 Å². The van der Waals surface area contributed by atoms with Gasteiger partial charge in [0, 0.05) is 28.9 Å². The first-order valence-corrected chi connectivity index (χ1v) is 8.43. The first-order valence-electron chi connectivity index (χ1n) is 8.06. The van der Waals surface area contributed by atoms with Crippen LogP contribution in [0.2, 0.25) is 5.02 Å². The third kappa shape index (κ3) is 6.19. The third-order valence-corrected chi connectivity index (χ3v) is 3.57. The van der Waals surface area contributed by atoms with Crippen LogP contribution < -0.4 is 10.6 Å². The molecule has 0 atom stereocenters. The van der Waals surface area contributed by atoms with E-state index < -0.39 is 0 Å². The predicted octanol–water partition coefficient (Wildman–Crippen LogP) is 3.24. The molecule has 2 rings (SSSR count). The Balaban J connectivity index is 1.95. The van der Waals surface area contributed by atoms with E-state index in [4.69, 9.17) is 11.6 Å². The standard InChI is InChI=1S/C19H22ClN3O2/c1-19(2,3)23-17(24)14-8-10-21-16(12-14)18(25)22-9-7-13-5-4-6-15(20)11-13/h4-6,8,10-12H,7,9H2,1-3H3,(H,22,25)(H,23,24). The van der Waals surface area contributed by atoms with Gasteiger partial charge in [0.05, 0.1) is 0 Å². The molecule has 1 aromatic heterocycles. The number of amides is 2. The zero-order valence-electron chi connectivity index (χ0n) is 14.6. The number of carbonyl (C=O) groups is 2. The molecule has 0 fully saturated rings. The zero-order valence-corrected chi connectivity index (χ0v) is 15.4. The van der Waals surface area contributed by atoms with Gasteiger partial charge in [-0.2, -0.15) is 0 Å². The van der Waals surface area contributed by atoms with Crippen molar-refractivity contribution in [2.45, 2.75) is 32.7 Å². The smallest absolute Gasteiger partial charge is 0.269 e. The average molecular weight is 360 g/mol. The molecule has 0 spiro atoms. The van der Waals surface area contributed by atoms with Crippen molar-refractivity contribution in [3.63, 3.8) is 0 Å². The van der Waals surface area contributed by atoms with Crippen molar-refractivity contribution in [1.82, 2.24) is 15.6 Å². The van der Waals surface area contributed by atoms with Crippen molar-refractivity contribution in [2.75, 3.05) is 6.54 Å². The van der Waals surface area contributed by atoms with Crippen molar-refractivity contribution in [2.24, 2.45) is 0 Å². The van der Waals surface area contributed by atoms with E-state index in [0.29, 0.717) is 23.6 Å². The van der Waals surface area contributed by atoms with Gasteiger partial charge in [-0.3, -0.25) is 14.6 Å². The first-order chi connectivity index (χ1) is 11.7. The lowest BCUT2D eigenvalue weighted by atomic mass is 10.1. The number of hydrogen-bond donors (Lipinski definition) is 2.